The Morgan fingerprint density at radius 1 is 1.23 bits per heavy atom. The minimum Gasteiger partial charge on any atom is -0.411 e. The van der Waals surface area contributed by atoms with Crippen LogP contribution in [0.4, 0.5) is 0 Å². The topological polar surface area (TPSA) is 59.2 Å². The van der Waals surface area contributed by atoms with Crippen molar-refractivity contribution in [1.29, 1.82) is 0 Å². The molecule has 4 rings (SSSR count). The van der Waals surface area contributed by atoms with Gasteiger partial charge in [0.25, 0.3) is 5.22 Å². The molecule has 26 heavy (non-hydrogen) atoms. The molecule has 1 aliphatic carbocycles. The van der Waals surface area contributed by atoms with Crippen molar-refractivity contribution < 1.29 is 9.21 Å². The third-order valence-corrected chi connectivity index (χ3v) is 6.44. The number of rotatable bonds is 4. The van der Waals surface area contributed by atoms with Crippen LogP contribution in [0.5, 0.6) is 0 Å². The zero-order valence-corrected chi connectivity index (χ0v) is 16.0. The lowest BCUT2D eigenvalue weighted by molar-refractivity contribution is -0.131. The van der Waals surface area contributed by atoms with E-state index >= 15 is 0 Å². The van der Waals surface area contributed by atoms with Crippen LogP contribution in [-0.4, -0.2) is 39.8 Å². The molecule has 2 fully saturated rings. The summed E-state index contributed by atoms with van der Waals surface area (Å²) in [6.45, 7) is 3.87. The SMILES string of the molecule is Cc1cccc(-c2nnc(SCC(=O)N3CC[C@@H]4CCCC[C@@H]4C3)o2)c1. The molecule has 6 heteroatoms. The van der Waals surface area contributed by atoms with Gasteiger partial charge in [-0.15, -0.1) is 10.2 Å². The van der Waals surface area contributed by atoms with Gasteiger partial charge in [0.15, 0.2) is 0 Å². The van der Waals surface area contributed by atoms with Crippen LogP contribution in [0.25, 0.3) is 11.5 Å². The fourth-order valence-electron chi connectivity index (χ4n) is 4.21. The molecule has 2 atom stereocenters. The Morgan fingerprint density at radius 3 is 2.92 bits per heavy atom. The number of piperidine rings is 1. The third-order valence-electron chi connectivity index (χ3n) is 5.63. The molecule has 2 aliphatic rings. The van der Waals surface area contributed by atoms with Gasteiger partial charge >= 0.3 is 0 Å². The number of amides is 1. The number of likely N-dealkylation sites (tertiary alicyclic amines) is 1. The summed E-state index contributed by atoms with van der Waals surface area (Å²) >= 11 is 1.34. The van der Waals surface area contributed by atoms with E-state index in [-0.39, 0.29) is 5.91 Å². The van der Waals surface area contributed by atoms with Crippen LogP contribution >= 0.6 is 11.8 Å². The summed E-state index contributed by atoms with van der Waals surface area (Å²) in [6.07, 6.45) is 6.49. The maximum Gasteiger partial charge on any atom is 0.277 e. The van der Waals surface area contributed by atoms with Gasteiger partial charge in [0, 0.05) is 18.7 Å². The van der Waals surface area contributed by atoms with Crippen molar-refractivity contribution in [2.45, 2.75) is 44.3 Å². The summed E-state index contributed by atoms with van der Waals surface area (Å²) in [5, 5.41) is 8.65. The zero-order valence-electron chi connectivity index (χ0n) is 15.2. The van der Waals surface area contributed by atoms with E-state index in [4.69, 9.17) is 4.42 Å². The van der Waals surface area contributed by atoms with Crippen LogP contribution in [0.2, 0.25) is 0 Å². The number of benzene rings is 1. The Kier molecular flexibility index (Phi) is 5.29. The number of nitrogens with zero attached hydrogens (tertiary/aromatic N) is 3. The summed E-state index contributed by atoms with van der Waals surface area (Å²) in [5.74, 6) is 2.62. The minimum absolute atomic E-state index is 0.189. The second-order valence-electron chi connectivity index (χ2n) is 7.46. The van der Waals surface area contributed by atoms with Crippen LogP contribution in [0, 0.1) is 18.8 Å². The van der Waals surface area contributed by atoms with E-state index in [0.717, 1.165) is 30.1 Å². The Balaban J connectivity index is 1.32. The average molecular weight is 372 g/mol. The van der Waals surface area contributed by atoms with E-state index in [1.165, 1.54) is 43.9 Å². The Labute approximate surface area is 158 Å². The first-order valence-electron chi connectivity index (χ1n) is 9.50. The zero-order chi connectivity index (χ0) is 17.9. The number of fused-ring (bicyclic) bond motifs is 1. The van der Waals surface area contributed by atoms with Crippen molar-refractivity contribution >= 4 is 17.7 Å². The largest absolute Gasteiger partial charge is 0.411 e. The van der Waals surface area contributed by atoms with Crippen LogP contribution in [0.3, 0.4) is 0 Å². The van der Waals surface area contributed by atoms with Crippen molar-refractivity contribution in [2.24, 2.45) is 11.8 Å². The molecule has 0 N–H and O–H groups in total. The summed E-state index contributed by atoms with van der Waals surface area (Å²) in [4.78, 5) is 14.6. The minimum atomic E-state index is 0.189. The first-order chi connectivity index (χ1) is 12.7. The van der Waals surface area contributed by atoms with Gasteiger partial charge in [0.05, 0.1) is 5.75 Å². The highest BCUT2D eigenvalue weighted by Crippen LogP contribution is 2.36. The second-order valence-corrected chi connectivity index (χ2v) is 8.39. The monoisotopic (exact) mass is 371 g/mol. The van der Waals surface area contributed by atoms with Gasteiger partial charge in [-0.3, -0.25) is 4.79 Å². The highest BCUT2D eigenvalue weighted by atomic mass is 32.2. The number of hydrogen-bond donors (Lipinski definition) is 0. The fraction of sp³-hybridized carbons (Fsp3) is 0.550. The molecular weight excluding hydrogens is 346 g/mol. The first-order valence-corrected chi connectivity index (χ1v) is 10.5. The molecule has 5 nitrogen and oxygen atoms in total. The Bertz CT molecular complexity index is 776. The lowest BCUT2D eigenvalue weighted by Gasteiger charge is -2.41. The molecule has 2 aromatic rings. The van der Waals surface area contributed by atoms with Crippen molar-refractivity contribution in [3.8, 4) is 11.5 Å². The highest BCUT2D eigenvalue weighted by Gasteiger charge is 2.32. The molecule has 0 bridgehead atoms. The molecule has 1 aromatic heterocycles. The lowest BCUT2D eigenvalue weighted by atomic mass is 9.75. The summed E-state index contributed by atoms with van der Waals surface area (Å²) in [6, 6.07) is 7.97. The van der Waals surface area contributed by atoms with Crippen LogP contribution in [0.15, 0.2) is 33.9 Å². The maximum atomic E-state index is 12.6. The standard InChI is InChI=1S/C20H25N3O2S/c1-14-5-4-8-16(11-14)19-21-22-20(25-19)26-13-18(24)23-10-9-15-6-2-3-7-17(15)12-23/h4-5,8,11,15,17H,2-3,6-7,9-10,12-13H2,1H3/t15-,17+/m0/s1. The predicted octanol–water partition coefficient (Wildman–Crippen LogP) is 4.18. The molecule has 2 heterocycles. The molecule has 0 unspecified atom stereocenters. The number of carbonyl (C=O) groups is 1. The highest BCUT2D eigenvalue weighted by molar-refractivity contribution is 7.99. The van der Waals surface area contributed by atoms with E-state index in [1.807, 2.05) is 36.1 Å². The van der Waals surface area contributed by atoms with Gasteiger partial charge < -0.3 is 9.32 Å². The molecule has 1 saturated heterocycles. The number of hydrogen-bond acceptors (Lipinski definition) is 5. The normalized spacial score (nSPS) is 22.9. The number of aromatic nitrogens is 2. The predicted molar refractivity (Wildman–Crippen MR) is 102 cm³/mol. The van der Waals surface area contributed by atoms with Gasteiger partial charge in [-0.25, -0.2) is 0 Å². The van der Waals surface area contributed by atoms with Crippen molar-refractivity contribution in [1.82, 2.24) is 15.1 Å². The van der Waals surface area contributed by atoms with Crippen molar-refractivity contribution in [3.05, 3.63) is 29.8 Å². The van der Waals surface area contributed by atoms with Crippen LogP contribution < -0.4 is 0 Å². The van der Waals surface area contributed by atoms with E-state index in [2.05, 4.69) is 10.2 Å². The molecule has 138 valence electrons. The average Bonchev–Trinajstić information content (AvgIpc) is 3.15. The first kappa shape index (κ1) is 17.6. The third kappa shape index (κ3) is 3.95. The molecule has 1 aliphatic heterocycles. The number of carbonyl (C=O) groups excluding carboxylic acids is 1. The molecule has 0 radical (unpaired) electrons. The Hall–Kier alpha value is -1.82. The summed E-state index contributed by atoms with van der Waals surface area (Å²) < 4.78 is 5.72. The molecule has 1 saturated carbocycles. The second kappa shape index (κ2) is 7.82. The van der Waals surface area contributed by atoms with Crippen molar-refractivity contribution in [2.75, 3.05) is 18.8 Å². The molecule has 1 aromatic carbocycles. The maximum absolute atomic E-state index is 12.6. The van der Waals surface area contributed by atoms with E-state index in [0.29, 0.717) is 22.8 Å². The molecule has 1 amide bonds. The van der Waals surface area contributed by atoms with Crippen molar-refractivity contribution in [3.63, 3.8) is 0 Å². The van der Waals surface area contributed by atoms with Crippen LogP contribution in [0.1, 0.15) is 37.7 Å². The summed E-state index contributed by atoms with van der Waals surface area (Å²) in [7, 11) is 0. The van der Waals surface area contributed by atoms with Crippen LogP contribution in [-0.2, 0) is 4.79 Å². The smallest absolute Gasteiger partial charge is 0.277 e. The molecular formula is C20H25N3O2S. The lowest BCUT2D eigenvalue weighted by Crippen LogP contribution is -2.45. The quantitative estimate of drug-likeness (QED) is 0.755. The summed E-state index contributed by atoms with van der Waals surface area (Å²) in [5.41, 5.74) is 2.06. The Morgan fingerprint density at radius 2 is 2.08 bits per heavy atom. The number of thioether (sulfide) groups is 1. The van der Waals surface area contributed by atoms with E-state index in [1.54, 1.807) is 0 Å². The van der Waals surface area contributed by atoms with Gasteiger partial charge in [-0.2, -0.15) is 0 Å². The van der Waals surface area contributed by atoms with Gasteiger partial charge in [0.2, 0.25) is 11.8 Å². The van der Waals surface area contributed by atoms with E-state index in [9.17, 15) is 4.79 Å². The van der Waals surface area contributed by atoms with Gasteiger partial charge in [-0.1, -0.05) is 48.7 Å². The van der Waals surface area contributed by atoms with Gasteiger partial charge in [0.1, 0.15) is 0 Å². The van der Waals surface area contributed by atoms with E-state index < -0.39 is 0 Å². The van der Waals surface area contributed by atoms with Gasteiger partial charge in [-0.05, 0) is 43.7 Å². The molecule has 0 spiro atoms. The fourth-order valence-corrected chi connectivity index (χ4v) is 4.87. The number of aryl methyl sites for hydroxylation is 1.